The lowest BCUT2D eigenvalue weighted by molar-refractivity contribution is -0.244. The Kier molecular flexibility index (Phi) is 4.52. The van der Waals surface area contributed by atoms with Crippen LogP contribution in [0.4, 0.5) is 0 Å². The maximum atomic E-state index is 6.02. The molecule has 0 radical (unpaired) electrons. The Morgan fingerprint density at radius 3 is 2.46 bits per heavy atom. The van der Waals surface area contributed by atoms with Crippen molar-refractivity contribution in [2.24, 2.45) is 5.73 Å². The highest BCUT2D eigenvalue weighted by Gasteiger charge is 2.40. The van der Waals surface area contributed by atoms with Crippen molar-refractivity contribution < 1.29 is 9.47 Å². The third-order valence-electron chi connectivity index (χ3n) is 2.23. The van der Waals surface area contributed by atoms with Gasteiger partial charge in [-0.25, -0.2) is 0 Å². The molecule has 0 saturated carbocycles. The van der Waals surface area contributed by atoms with Crippen molar-refractivity contribution in [3.05, 3.63) is 0 Å². The average molecular weight is 205 g/mol. The lowest BCUT2D eigenvalue weighted by atomic mass is 10.1. The Hall–Kier alpha value is 0.230. The van der Waals surface area contributed by atoms with E-state index in [1.54, 1.807) is 0 Å². The van der Waals surface area contributed by atoms with Crippen LogP contribution in [0.5, 0.6) is 0 Å². The van der Waals surface area contributed by atoms with Crippen LogP contribution < -0.4 is 5.73 Å². The Bertz CT molecular complexity index is 143. The van der Waals surface area contributed by atoms with Crippen molar-refractivity contribution in [2.75, 3.05) is 24.7 Å². The van der Waals surface area contributed by atoms with Gasteiger partial charge in [0.25, 0.3) is 0 Å². The van der Waals surface area contributed by atoms with Crippen molar-refractivity contribution in [1.82, 2.24) is 0 Å². The van der Waals surface area contributed by atoms with Crippen LogP contribution in [0.1, 0.15) is 20.3 Å². The minimum atomic E-state index is -0.505. The summed E-state index contributed by atoms with van der Waals surface area (Å²) in [5, 5.41) is 0. The van der Waals surface area contributed by atoms with Crippen LogP contribution in [0.2, 0.25) is 0 Å². The lowest BCUT2D eigenvalue weighted by Crippen LogP contribution is -2.56. The molecule has 1 fully saturated rings. The summed E-state index contributed by atoms with van der Waals surface area (Å²) in [4.78, 5) is 0. The molecule has 1 aliphatic rings. The van der Waals surface area contributed by atoms with Crippen molar-refractivity contribution in [2.45, 2.75) is 32.1 Å². The summed E-state index contributed by atoms with van der Waals surface area (Å²) in [6, 6.07) is 0.00569. The topological polar surface area (TPSA) is 44.5 Å². The Balaban J connectivity index is 2.61. The van der Waals surface area contributed by atoms with E-state index in [9.17, 15) is 0 Å². The van der Waals surface area contributed by atoms with Crippen LogP contribution in [0.25, 0.3) is 0 Å². The first kappa shape index (κ1) is 11.3. The van der Waals surface area contributed by atoms with E-state index in [1.807, 2.05) is 25.6 Å². The fourth-order valence-corrected chi connectivity index (χ4v) is 2.73. The monoisotopic (exact) mass is 205 g/mol. The third-order valence-corrected chi connectivity index (χ3v) is 3.32. The first-order valence-corrected chi connectivity index (χ1v) is 6.02. The van der Waals surface area contributed by atoms with Gasteiger partial charge in [0.15, 0.2) is 5.79 Å². The maximum Gasteiger partial charge on any atom is 0.184 e. The Morgan fingerprint density at radius 2 is 2.00 bits per heavy atom. The normalized spacial score (nSPS) is 27.5. The molecular formula is C9H19NO2S. The second-order valence-corrected chi connectivity index (χ2v) is 4.26. The summed E-state index contributed by atoms with van der Waals surface area (Å²) in [5.74, 6) is 1.50. The standard InChI is InChI=1S/C9H19NO2S/c1-3-11-9(12-4-2)5-6-13-7-8(9)10/h8H,3-7,10H2,1-2H3. The van der Waals surface area contributed by atoms with Crippen molar-refractivity contribution >= 4 is 11.8 Å². The number of hydrogen-bond donors (Lipinski definition) is 1. The molecule has 2 N–H and O–H groups in total. The highest BCUT2D eigenvalue weighted by Crippen LogP contribution is 2.30. The fraction of sp³-hybridized carbons (Fsp3) is 1.00. The van der Waals surface area contributed by atoms with Crippen molar-refractivity contribution in [1.29, 1.82) is 0 Å². The molecule has 0 bridgehead atoms. The molecule has 1 saturated heterocycles. The van der Waals surface area contributed by atoms with Crippen molar-refractivity contribution in [3.8, 4) is 0 Å². The zero-order chi connectivity index (χ0) is 9.73. The first-order valence-electron chi connectivity index (χ1n) is 4.86. The number of nitrogens with two attached hydrogens (primary N) is 1. The summed E-state index contributed by atoms with van der Waals surface area (Å²) in [6.07, 6.45) is 0.903. The Morgan fingerprint density at radius 1 is 1.38 bits per heavy atom. The van der Waals surface area contributed by atoms with Gasteiger partial charge < -0.3 is 15.2 Å². The fourth-order valence-electron chi connectivity index (χ4n) is 1.63. The molecular weight excluding hydrogens is 186 g/mol. The van der Waals surface area contributed by atoms with Gasteiger partial charge in [0, 0.05) is 25.4 Å². The Labute approximate surface area is 84.3 Å². The van der Waals surface area contributed by atoms with Crippen LogP contribution in [-0.2, 0) is 9.47 Å². The predicted molar refractivity (Wildman–Crippen MR) is 55.9 cm³/mol. The van der Waals surface area contributed by atoms with Crippen molar-refractivity contribution in [3.63, 3.8) is 0 Å². The molecule has 0 spiro atoms. The minimum Gasteiger partial charge on any atom is -0.349 e. The van der Waals surface area contributed by atoms with Crippen LogP contribution >= 0.6 is 11.8 Å². The summed E-state index contributed by atoms with van der Waals surface area (Å²) in [5.41, 5.74) is 6.02. The highest BCUT2D eigenvalue weighted by molar-refractivity contribution is 7.99. The molecule has 0 amide bonds. The molecule has 3 nitrogen and oxygen atoms in total. The van der Waals surface area contributed by atoms with E-state index < -0.39 is 5.79 Å². The van der Waals surface area contributed by atoms with Gasteiger partial charge in [-0.1, -0.05) is 0 Å². The highest BCUT2D eigenvalue weighted by atomic mass is 32.2. The van der Waals surface area contributed by atoms with Crippen LogP contribution in [0.15, 0.2) is 0 Å². The second-order valence-electron chi connectivity index (χ2n) is 3.11. The molecule has 1 rings (SSSR count). The summed E-state index contributed by atoms with van der Waals surface area (Å²) in [6.45, 7) is 5.29. The zero-order valence-electron chi connectivity index (χ0n) is 8.41. The predicted octanol–water partition coefficient (Wildman–Crippen LogP) is 1.22. The molecule has 1 atom stereocenters. The second kappa shape index (κ2) is 5.20. The zero-order valence-corrected chi connectivity index (χ0v) is 9.23. The summed E-state index contributed by atoms with van der Waals surface area (Å²) in [7, 11) is 0. The molecule has 0 aliphatic carbocycles. The third kappa shape index (κ3) is 2.59. The molecule has 1 unspecified atom stereocenters. The first-order chi connectivity index (χ1) is 6.25. The van der Waals surface area contributed by atoms with Crippen LogP contribution in [-0.4, -0.2) is 36.5 Å². The van der Waals surface area contributed by atoms with E-state index in [-0.39, 0.29) is 6.04 Å². The molecule has 0 aromatic heterocycles. The molecule has 1 aliphatic heterocycles. The van der Waals surface area contributed by atoms with E-state index in [4.69, 9.17) is 15.2 Å². The number of rotatable bonds is 4. The summed E-state index contributed by atoms with van der Waals surface area (Å²) >= 11 is 1.87. The largest absolute Gasteiger partial charge is 0.349 e. The van der Waals surface area contributed by atoms with Gasteiger partial charge in [0.05, 0.1) is 6.04 Å². The quantitative estimate of drug-likeness (QED) is 0.701. The number of hydrogen-bond acceptors (Lipinski definition) is 4. The molecule has 13 heavy (non-hydrogen) atoms. The van der Waals surface area contributed by atoms with E-state index in [0.717, 1.165) is 17.9 Å². The van der Waals surface area contributed by atoms with Crippen LogP contribution in [0.3, 0.4) is 0 Å². The van der Waals surface area contributed by atoms with E-state index in [2.05, 4.69) is 0 Å². The van der Waals surface area contributed by atoms with E-state index in [0.29, 0.717) is 13.2 Å². The molecule has 0 aromatic carbocycles. The average Bonchev–Trinajstić information content (AvgIpc) is 2.11. The maximum absolute atomic E-state index is 6.02. The molecule has 4 heteroatoms. The van der Waals surface area contributed by atoms with Gasteiger partial charge in [-0.3, -0.25) is 0 Å². The smallest absolute Gasteiger partial charge is 0.184 e. The van der Waals surface area contributed by atoms with Gasteiger partial charge in [0.2, 0.25) is 0 Å². The van der Waals surface area contributed by atoms with E-state index >= 15 is 0 Å². The SMILES string of the molecule is CCOC1(OCC)CCSCC1N. The number of thioether (sulfide) groups is 1. The molecule has 78 valence electrons. The van der Waals surface area contributed by atoms with Gasteiger partial charge >= 0.3 is 0 Å². The molecule has 1 heterocycles. The van der Waals surface area contributed by atoms with Gasteiger partial charge in [-0.05, 0) is 19.6 Å². The van der Waals surface area contributed by atoms with Gasteiger partial charge in [-0.15, -0.1) is 0 Å². The van der Waals surface area contributed by atoms with Gasteiger partial charge in [0.1, 0.15) is 0 Å². The summed E-state index contributed by atoms with van der Waals surface area (Å²) < 4.78 is 11.3. The minimum absolute atomic E-state index is 0.00569. The lowest BCUT2D eigenvalue weighted by Gasteiger charge is -2.40. The van der Waals surface area contributed by atoms with Gasteiger partial charge in [-0.2, -0.15) is 11.8 Å². The molecule has 0 aromatic rings. The number of ether oxygens (including phenoxy) is 2. The van der Waals surface area contributed by atoms with E-state index in [1.165, 1.54) is 0 Å². The van der Waals surface area contributed by atoms with Crippen LogP contribution in [0, 0.1) is 0 Å².